The quantitative estimate of drug-likeness (QED) is 0.572. The summed E-state index contributed by atoms with van der Waals surface area (Å²) in [5, 5.41) is 4.49. The van der Waals surface area contributed by atoms with Crippen LogP contribution in [0.5, 0.6) is 5.75 Å². The Labute approximate surface area is 181 Å². The predicted molar refractivity (Wildman–Crippen MR) is 124 cm³/mol. The number of nitrogens with zero attached hydrogens (tertiary/aromatic N) is 1. The molecular formula is C24H31N3O2S. The molecule has 2 aromatic heterocycles. The normalized spacial score (nSPS) is 18.4. The van der Waals surface area contributed by atoms with Gasteiger partial charge in [0, 0.05) is 10.9 Å². The zero-order valence-corrected chi connectivity index (χ0v) is 19.2. The molecule has 1 aromatic carbocycles. The van der Waals surface area contributed by atoms with Crippen molar-refractivity contribution in [1.82, 2.24) is 15.3 Å². The summed E-state index contributed by atoms with van der Waals surface area (Å²) in [6.07, 6.45) is 3.20. The van der Waals surface area contributed by atoms with Crippen LogP contribution in [0.25, 0.3) is 10.2 Å². The molecule has 1 aliphatic rings. The third-order valence-corrected chi connectivity index (χ3v) is 7.31. The third kappa shape index (κ3) is 4.03. The number of ether oxygens (including phenoxy) is 1. The summed E-state index contributed by atoms with van der Waals surface area (Å²) >= 11 is 1.70. The molecule has 6 heteroatoms. The van der Waals surface area contributed by atoms with Gasteiger partial charge >= 0.3 is 0 Å². The highest BCUT2D eigenvalue weighted by Crippen LogP contribution is 2.36. The van der Waals surface area contributed by atoms with E-state index in [-0.39, 0.29) is 17.6 Å². The molecule has 3 aromatic rings. The summed E-state index contributed by atoms with van der Waals surface area (Å²) in [4.78, 5) is 23.1. The van der Waals surface area contributed by atoms with Gasteiger partial charge in [0.05, 0.1) is 18.5 Å². The highest BCUT2D eigenvalue weighted by atomic mass is 32.1. The predicted octanol–water partition coefficient (Wildman–Crippen LogP) is 5.17. The number of fused-ring (bicyclic) bond motifs is 3. The number of aryl methyl sites for hydroxylation is 1. The average molecular weight is 426 g/mol. The van der Waals surface area contributed by atoms with Crippen molar-refractivity contribution < 1.29 is 4.74 Å². The van der Waals surface area contributed by atoms with Crippen LogP contribution in [0.15, 0.2) is 29.1 Å². The average Bonchev–Trinajstić information content (AvgIpc) is 3.09. The second-order valence-corrected chi connectivity index (χ2v) is 9.95. The highest BCUT2D eigenvalue weighted by molar-refractivity contribution is 7.18. The van der Waals surface area contributed by atoms with Crippen molar-refractivity contribution in [2.24, 2.45) is 11.8 Å². The number of rotatable bonds is 6. The van der Waals surface area contributed by atoms with Gasteiger partial charge in [-0.25, -0.2) is 4.98 Å². The van der Waals surface area contributed by atoms with Crippen molar-refractivity contribution >= 4 is 21.6 Å². The molecule has 2 N–H and O–H groups in total. The molecule has 3 atom stereocenters. The van der Waals surface area contributed by atoms with Crippen molar-refractivity contribution in [1.29, 1.82) is 0 Å². The van der Waals surface area contributed by atoms with Crippen LogP contribution in [-0.4, -0.2) is 17.1 Å². The minimum atomic E-state index is -0.0744. The number of H-pyrrole nitrogens is 1. The number of aromatic amines is 1. The van der Waals surface area contributed by atoms with Crippen molar-refractivity contribution in [3.63, 3.8) is 0 Å². The molecule has 4 rings (SSSR count). The summed E-state index contributed by atoms with van der Waals surface area (Å²) in [7, 11) is 1.68. The van der Waals surface area contributed by atoms with Gasteiger partial charge < -0.3 is 15.0 Å². The maximum atomic E-state index is 12.9. The first-order valence-corrected chi connectivity index (χ1v) is 11.6. The van der Waals surface area contributed by atoms with Gasteiger partial charge in [-0.2, -0.15) is 0 Å². The van der Waals surface area contributed by atoms with Crippen LogP contribution >= 0.6 is 11.3 Å². The molecular weight excluding hydrogens is 394 g/mol. The van der Waals surface area contributed by atoms with Crippen molar-refractivity contribution in [2.45, 2.75) is 59.0 Å². The fourth-order valence-corrected chi connectivity index (χ4v) is 5.79. The molecule has 0 amide bonds. The lowest BCUT2D eigenvalue weighted by atomic mass is 9.89. The number of nitrogens with one attached hydrogen (secondary N) is 2. The molecule has 1 aliphatic carbocycles. The summed E-state index contributed by atoms with van der Waals surface area (Å²) < 4.78 is 5.29. The summed E-state index contributed by atoms with van der Waals surface area (Å²) in [5.74, 6) is 2.62. The minimum absolute atomic E-state index is 0.00116. The zero-order chi connectivity index (χ0) is 21.4. The van der Waals surface area contributed by atoms with Gasteiger partial charge in [-0.05, 0) is 61.3 Å². The van der Waals surface area contributed by atoms with Gasteiger partial charge in [0.1, 0.15) is 16.4 Å². The van der Waals surface area contributed by atoms with E-state index in [0.29, 0.717) is 17.7 Å². The second kappa shape index (κ2) is 8.52. The van der Waals surface area contributed by atoms with E-state index in [1.54, 1.807) is 18.4 Å². The maximum absolute atomic E-state index is 12.9. The van der Waals surface area contributed by atoms with Gasteiger partial charge in [0.2, 0.25) is 0 Å². The molecule has 0 saturated carbocycles. The van der Waals surface area contributed by atoms with Crippen LogP contribution < -0.4 is 15.6 Å². The van der Waals surface area contributed by atoms with Gasteiger partial charge in [0.25, 0.3) is 5.56 Å². The Morgan fingerprint density at radius 3 is 2.63 bits per heavy atom. The van der Waals surface area contributed by atoms with Crippen LogP contribution in [0, 0.1) is 11.8 Å². The SMILES string of the molecule is COc1ccc(C(NC(C)c2nc3sc4c(c3c(=O)[nH]2)CCC(C)C4)C(C)C)cc1. The standard InChI is InChI=1S/C24H31N3O2S/c1-13(2)21(16-7-9-17(29-5)10-8-16)25-15(4)22-26-23(28)20-18-11-6-14(3)12-19(18)30-24(20)27-22/h7-10,13-15,21,25H,6,11-12H2,1-5H3,(H,26,27,28). The largest absolute Gasteiger partial charge is 0.497 e. The molecule has 2 heterocycles. The molecule has 0 fully saturated rings. The number of hydrogen-bond acceptors (Lipinski definition) is 5. The topological polar surface area (TPSA) is 67.0 Å². The van der Waals surface area contributed by atoms with Gasteiger partial charge in [-0.15, -0.1) is 11.3 Å². The van der Waals surface area contributed by atoms with Crippen molar-refractivity contribution in [3.05, 3.63) is 56.4 Å². The molecule has 3 unspecified atom stereocenters. The summed E-state index contributed by atoms with van der Waals surface area (Å²) in [6, 6.07) is 8.23. The van der Waals surface area contributed by atoms with E-state index in [9.17, 15) is 4.79 Å². The number of benzene rings is 1. The maximum Gasteiger partial charge on any atom is 0.259 e. The number of methoxy groups -OCH3 is 1. The molecule has 30 heavy (non-hydrogen) atoms. The lowest BCUT2D eigenvalue weighted by molar-refractivity contribution is 0.366. The summed E-state index contributed by atoms with van der Waals surface area (Å²) in [5.41, 5.74) is 2.43. The van der Waals surface area contributed by atoms with E-state index in [0.717, 1.165) is 35.2 Å². The minimum Gasteiger partial charge on any atom is -0.497 e. The number of hydrogen-bond donors (Lipinski definition) is 2. The van der Waals surface area contributed by atoms with E-state index in [1.807, 2.05) is 12.1 Å². The van der Waals surface area contributed by atoms with Crippen LogP contribution in [0.1, 0.15) is 68.0 Å². The number of aromatic nitrogens is 2. The highest BCUT2D eigenvalue weighted by Gasteiger charge is 2.25. The Morgan fingerprint density at radius 2 is 1.97 bits per heavy atom. The molecule has 0 saturated heterocycles. The van der Waals surface area contributed by atoms with Crippen LogP contribution in [0.3, 0.4) is 0 Å². The number of thiophene rings is 1. The monoisotopic (exact) mass is 425 g/mol. The smallest absolute Gasteiger partial charge is 0.259 e. The fraction of sp³-hybridized carbons (Fsp3) is 0.500. The molecule has 0 radical (unpaired) electrons. The van der Waals surface area contributed by atoms with Crippen LogP contribution in [-0.2, 0) is 12.8 Å². The lowest BCUT2D eigenvalue weighted by Crippen LogP contribution is -2.30. The first-order chi connectivity index (χ1) is 14.4. The van der Waals surface area contributed by atoms with E-state index < -0.39 is 0 Å². The Bertz CT molecular complexity index is 1080. The van der Waals surface area contributed by atoms with Crippen molar-refractivity contribution in [2.75, 3.05) is 7.11 Å². The van der Waals surface area contributed by atoms with Crippen molar-refractivity contribution in [3.8, 4) is 5.75 Å². The Morgan fingerprint density at radius 1 is 1.23 bits per heavy atom. The van der Waals surface area contributed by atoms with E-state index >= 15 is 0 Å². The molecule has 160 valence electrons. The fourth-order valence-electron chi connectivity index (χ4n) is 4.40. The first-order valence-electron chi connectivity index (χ1n) is 10.8. The Kier molecular flexibility index (Phi) is 5.98. The van der Waals surface area contributed by atoms with Gasteiger partial charge in [-0.1, -0.05) is 32.9 Å². The lowest BCUT2D eigenvalue weighted by Gasteiger charge is -2.26. The molecule has 0 spiro atoms. The zero-order valence-electron chi connectivity index (χ0n) is 18.4. The molecule has 0 bridgehead atoms. The summed E-state index contributed by atoms with van der Waals surface area (Å²) in [6.45, 7) is 8.75. The van der Waals surface area contributed by atoms with Gasteiger partial charge in [-0.3, -0.25) is 4.79 Å². The van der Waals surface area contributed by atoms with E-state index in [4.69, 9.17) is 9.72 Å². The third-order valence-electron chi connectivity index (χ3n) is 6.17. The van der Waals surface area contributed by atoms with Crippen LogP contribution in [0.2, 0.25) is 0 Å². The van der Waals surface area contributed by atoms with E-state index in [1.165, 1.54) is 16.0 Å². The first kappa shape index (κ1) is 21.1. The Hall–Kier alpha value is -2.18. The Balaban J connectivity index is 1.63. The van der Waals surface area contributed by atoms with Gasteiger partial charge in [0.15, 0.2) is 0 Å². The molecule has 0 aliphatic heterocycles. The second-order valence-electron chi connectivity index (χ2n) is 8.87. The molecule has 5 nitrogen and oxygen atoms in total. The van der Waals surface area contributed by atoms with Crippen LogP contribution in [0.4, 0.5) is 0 Å². The van der Waals surface area contributed by atoms with E-state index in [2.05, 4.69) is 50.1 Å².